The van der Waals surface area contributed by atoms with Crippen molar-refractivity contribution in [1.29, 1.82) is 0 Å². The molecule has 1 heterocycles. The standard InChI is InChI=1S/C18H22ClN3O4/c1-13(21-25-4)18(2,17(23)24-3)10-12-26-16-9-11-22(20-16)15-7-5-14(19)6-8-15/h5-9,11H,10,12H2,1-4H3/b21-13+. The van der Waals surface area contributed by atoms with Gasteiger partial charge in [-0.3, -0.25) is 4.79 Å². The van der Waals surface area contributed by atoms with Gasteiger partial charge in [-0.15, -0.1) is 5.10 Å². The molecule has 0 spiro atoms. The SMILES string of the molecule is CO/N=C(\C)C(C)(CCOc1ccn(-c2ccc(Cl)cc2)n1)C(=O)OC. The molecule has 26 heavy (non-hydrogen) atoms. The number of nitrogens with zero attached hydrogens (tertiary/aromatic N) is 3. The maximum atomic E-state index is 12.2. The molecular weight excluding hydrogens is 358 g/mol. The van der Waals surface area contributed by atoms with E-state index in [0.717, 1.165) is 5.69 Å². The Kier molecular flexibility index (Phi) is 6.63. The molecule has 0 N–H and O–H groups in total. The molecule has 0 radical (unpaired) electrons. The summed E-state index contributed by atoms with van der Waals surface area (Å²) in [5.74, 6) is 0.0552. The number of carbonyl (C=O) groups excluding carboxylic acids is 1. The lowest BCUT2D eigenvalue weighted by Gasteiger charge is -2.25. The summed E-state index contributed by atoms with van der Waals surface area (Å²) in [5, 5.41) is 8.89. The maximum Gasteiger partial charge on any atom is 0.317 e. The predicted molar refractivity (Wildman–Crippen MR) is 98.9 cm³/mol. The summed E-state index contributed by atoms with van der Waals surface area (Å²) in [5.41, 5.74) is 0.442. The Balaban J connectivity index is 2.03. The molecule has 140 valence electrons. The van der Waals surface area contributed by atoms with Crippen LogP contribution >= 0.6 is 11.6 Å². The van der Waals surface area contributed by atoms with Crippen molar-refractivity contribution in [2.45, 2.75) is 20.3 Å². The minimum atomic E-state index is -0.941. The zero-order valence-corrected chi connectivity index (χ0v) is 16.0. The van der Waals surface area contributed by atoms with Crippen LogP contribution in [0.25, 0.3) is 5.69 Å². The van der Waals surface area contributed by atoms with Crippen molar-refractivity contribution in [2.75, 3.05) is 20.8 Å². The van der Waals surface area contributed by atoms with Gasteiger partial charge in [-0.1, -0.05) is 16.8 Å². The number of rotatable bonds is 8. The van der Waals surface area contributed by atoms with Gasteiger partial charge in [0.15, 0.2) is 0 Å². The average Bonchev–Trinajstić information content (AvgIpc) is 3.10. The zero-order chi connectivity index (χ0) is 19.2. The van der Waals surface area contributed by atoms with Crippen LogP contribution in [0.1, 0.15) is 20.3 Å². The lowest BCUT2D eigenvalue weighted by atomic mass is 9.82. The molecule has 1 aromatic carbocycles. The summed E-state index contributed by atoms with van der Waals surface area (Å²) in [6, 6.07) is 9.05. The molecule has 1 unspecified atom stereocenters. The van der Waals surface area contributed by atoms with E-state index < -0.39 is 11.4 Å². The molecule has 0 fully saturated rings. The topological polar surface area (TPSA) is 74.9 Å². The van der Waals surface area contributed by atoms with Crippen LogP contribution < -0.4 is 4.74 Å². The second kappa shape index (κ2) is 8.71. The smallest absolute Gasteiger partial charge is 0.317 e. The highest BCUT2D eigenvalue weighted by molar-refractivity contribution is 6.30. The summed E-state index contributed by atoms with van der Waals surface area (Å²) in [7, 11) is 2.77. The van der Waals surface area contributed by atoms with Crippen LogP contribution in [0.3, 0.4) is 0 Å². The quantitative estimate of drug-likeness (QED) is 0.398. The first kappa shape index (κ1) is 19.8. The van der Waals surface area contributed by atoms with E-state index in [0.29, 0.717) is 23.0 Å². The zero-order valence-electron chi connectivity index (χ0n) is 15.2. The third-order valence-electron chi connectivity index (χ3n) is 4.17. The molecule has 8 heteroatoms. The predicted octanol–water partition coefficient (Wildman–Crippen LogP) is 3.50. The van der Waals surface area contributed by atoms with Gasteiger partial charge in [0.25, 0.3) is 0 Å². The van der Waals surface area contributed by atoms with Gasteiger partial charge in [0.05, 0.1) is 25.1 Å². The Bertz CT molecular complexity index is 773. The number of hydrogen-bond donors (Lipinski definition) is 0. The van der Waals surface area contributed by atoms with Crippen molar-refractivity contribution in [3.63, 3.8) is 0 Å². The fourth-order valence-corrected chi connectivity index (χ4v) is 2.50. The highest BCUT2D eigenvalue weighted by Gasteiger charge is 2.38. The van der Waals surface area contributed by atoms with Crippen LogP contribution in [0.2, 0.25) is 5.02 Å². The van der Waals surface area contributed by atoms with Crippen molar-refractivity contribution >= 4 is 23.3 Å². The molecule has 0 amide bonds. The van der Waals surface area contributed by atoms with Crippen molar-refractivity contribution in [3.8, 4) is 11.6 Å². The number of ether oxygens (including phenoxy) is 2. The molecule has 0 saturated heterocycles. The normalized spacial score (nSPS) is 13.8. The van der Waals surface area contributed by atoms with Gasteiger partial charge >= 0.3 is 5.97 Å². The van der Waals surface area contributed by atoms with Crippen LogP contribution in [0.4, 0.5) is 0 Å². The molecule has 0 aliphatic carbocycles. The average molecular weight is 380 g/mol. The van der Waals surface area contributed by atoms with E-state index in [2.05, 4.69) is 10.3 Å². The number of carbonyl (C=O) groups is 1. The fraction of sp³-hybridized carbons (Fsp3) is 0.389. The molecule has 0 bridgehead atoms. The third kappa shape index (κ3) is 4.54. The second-order valence-electron chi connectivity index (χ2n) is 5.86. The van der Waals surface area contributed by atoms with Crippen molar-refractivity contribution in [3.05, 3.63) is 41.6 Å². The van der Waals surface area contributed by atoms with Crippen LogP contribution in [0, 0.1) is 5.41 Å². The van der Waals surface area contributed by atoms with Crippen molar-refractivity contribution < 1.29 is 19.1 Å². The summed E-state index contributed by atoms with van der Waals surface area (Å²) in [6.45, 7) is 3.72. The van der Waals surface area contributed by atoms with Gasteiger partial charge in [0.2, 0.25) is 5.88 Å². The minimum Gasteiger partial charge on any atom is -0.477 e. The van der Waals surface area contributed by atoms with Gasteiger partial charge in [-0.2, -0.15) is 0 Å². The highest BCUT2D eigenvalue weighted by atomic mass is 35.5. The highest BCUT2D eigenvalue weighted by Crippen LogP contribution is 2.26. The van der Waals surface area contributed by atoms with Crippen LogP contribution in [0.15, 0.2) is 41.7 Å². The van der Waals surface area contributed by atoms with Crippen LogP contribution in [0.5, 0.6) is 5.88 Å². The first-order chi connectivity index (χ1) is 12.4. The van der Waals surface area contributed by atoms with E-state index in [1.807, 2.05) is 12.1 Å². The lowest BCUT2D eigenvalue weighted by molar-refractivity contribution is -0.148. The number of halogens is 1. The molecule has 1 atom stereocenters. The lowest BCUT2D eigenvalue weighted by Crippen LogP contribution is -2.37. The summed E-state index contributed by atoms with van der Waals surface area (Å²) < 4.78 is 12.3. The monoisotopic (exact) mass is 379 g/mol. The molecule has 0 saturated carbocycles. The summed E-state index contributed by atoms with van der Waals surface area (Å²) in [6.07, 6.45) is 2.15. The van der Waals surface area contributed by atoms with Gasteiger partial charge in [0, 0.05) is 23.7 Å². The second-order valence-corrected chi connectivity index (χ2v) is 6.29. The maximum absolute atomic E-state index is 12.2. The van der Waals surface area contributed by atoms with Crippen LogP contribution in [-0.2, 0) is 14.4 Å². The van der Waals surface area contributed by atoms with Gasteiger partial charge in [-0.25, -0.2) is 4.68 Å². The number of oxime groups is 1. The van der Waals surface area contributed by atoms with Gasteiger partial charge in [0.1, 0.15) is 12.5 Å². The Morgan fingerprint density at radius 1 is 1.27 bits per heavy atom. The van der Waals surface area contributed by atoms with E-state index in [4.69, 9.17) is 25.9 Å². The van der Waals surface area contributed by atoms with Crippen molar-refractivity contribution in [2.24, 2.45) is 10.6 Å². The van der Waals surface area contributed by atoms with Gasteiger partial charge < -0.3 is 14.3 Å². The number of benzene rings is 1. The van der Waals surface area contributed by atoms with E-state index in [1.165, 1.54) is 14.2 Å². The summed E-state index contributed by atoms with van der Waals surface area (Å²) >= 11 is 5.89. The number of esters is 1. The molecule has 2 rings (SSSR count). The largest absolute Gasteiger partial charge is 0.477 e. The molecule has 7 nitrogen and oxygen atoms in total. The molecule has 2 aromatic rings. The Hall–Kier alpha value is -2.54. The Labute approximate surface area is 157 Å². The van der Waals surface area contributed by atoms with E-state index in [-0.39, 0.29) is 6.61 Å². The molecule has 0 aliphatic rings. The minimum absolute atomic E-state index is 0.264. The van der Waals surface area contributed by atoms with E-state index in [1.54, 1.807) is 42.9 Å². The molecular formula is C18H22ClN3O4. The number of methoxy groups -OCH3 is 1. The summed E-state index contributed by atoms with van der Waals surface area (Å²) in [4.78, 5) is 16.9. The van der Waals surface area contributed by atoms with Crippen LogP contribution in [-0.4, -0.2) is 42.3 Å². The number of aromatic nitrogens is 2. The first-order valence-electron chi connectivity index (χ1n) is 8.02. The first-order valence-corrected chi connectivity index (χ1v) is 8.39. The third-order valence-corrected chi connectivity index (χ3v) is 4.42. The van der Waals surface area contributed by atoms with Crippen molar-refractivity contribution in [1.82, 2.24) is 9.78 Å². The number of hydrogen-bond acceptors (Lipinski definition) is 6. The molecule has 1 aromatic heterocycles. The van der Waals surface area contributed by atoms with E-state index >= 15 is 0 Å². The Morgan fingerprint density at radius 2 is 1.96 bits per heavy atom. The van der Waals surface area contributed by atoms with Gasteiger partial charge in [-0.05, 0) is 38.1 Å². The van der Waals surface area contributed by atoms with E-state index in [9.17, 15) is 4.79 Å². The Morgan fingerprint density at radius 3 is 2.58 bits per heavy atom. The molecule has 0 aliphatic heterocycles. The fourth-order valence-electron chi connectivity index (χ4n) is 2.38.